The normalized spacial score (nSPS) is 16.4. The van der Waals surface area contributed by atoms with Gasteiger partial charge < -0.3 is 4.90 Å². The van der Waals surface area contributed by atoms with Crippen LogP contribution in [0.25, 0.3) is 0 Å². The number of anilines is 1. The molecule has 0 radical (unpaired) electrons. The van der Waals surface area contributed by atoms with Crippen molar-refractivity contribution in [1.29, 1.82) is 0 Å². The van der Waals surface area contributed by atoms with Gasteiger partial charge in [-0.05, 0) is 12.8 Å². The van der Waals surface area contributed by atoms with E-state index in [0.29, 0.717) is 0 Å². The molecule has 0 unspecified atom stereocenters. The Hall–Kier alpha value is -1.95. The molecule has 1 aliphatic heterocycles. The molecule has 0 saturated carbocycles. The van der Waals surface area contributed by atoms with E-state index < -0.39 is 0 Å². The SMILES string of the molecule is CCc1cc(N2CCCN(Cc3cnn(C)c3)CC2)nc(CC)n1. The van der Waals surface area contributed by atoms with E-state index in [9.17, 15) is 0 Å². The van der Waals surface area contributed by atoms with Crippen molar-refractivity contribution in [3.8, 4) is 0 Å². The van der Waals surface area contributed by atoms with Gasteiger partial charge in [0.05, 0.1) is 6.20 Å². The van der Waals surface area contributed by atoms with E-state index in [1.54, 1.807) is 0 Å². The first-order chi connectivity index (χ1) is 11.7. The van der Waals surface area contributed by atoms with Crippen LogP contribution >= 0.6 is 0 Å². The van der Waals surface area contributed by atoms with Crippen molar-refractivity contribution in [2.75, 3.05) is 31.1 Å². The third-order valence-electron chi connectivity index (χ3n) is 4.57. The average Bonchev–Trinajstić information content (AvgIpc) is 2.87. The van der Waals surface area contributed by atoms with Crippen LogP contribution in [0.1, 0.15) is 37.4 Å². The summed E-state index contributed by atoms with van der Waals surface area (Å²) in [4.78, 5) is 14.3. The molecule has 6 heteroatoms. The Morgan fingerprint density at radius 2 is 1.92 bits per heavy atom. The van der Waals surface area contributed by atoms with Gasteiger partial charge in [-0.2, -0.15) is 5.10 Å². The molecular formula is C18H28N6. The molecule has 3 heterocycles. The van der Waals surface area contributed by atoms with Gasteiger partial charge in [-0.1, -0.05) is 13.8 Å². The van der Waals surface area contributed by atoms with Gasteiger partial charge in [0.25, 0.3) is 0 Å². The molecule has 24 heavy (non-hydrogen) atoms. The Balaban J connectivity index is 1.66. The Labute approximate surface area is 144 Å². The third kappa shape index (κ3) is 4.12. The van der Waals surface area contributed by atoms with E-state index in [-0.39, 0.29) is 0 Å². The van der Waals surface area contributed by atoms with E-state index in [4.69, 9.17) is 4.98 Å². The summed E-state index contributed by atoms with van der Waals surface area (Å²) in [5, 5.41) is 4.27. The highest BCUT2D eigenvalue weighted by molar-refractivity contribution is 5.40. The number of nitrogens with zero attached hydrogens (tertiary/aromatic N) is 6. The zero-order valence-corrected chi connectivity index (χ0v) is 15.1. The first kappa shape index (κ1) is 16.9. The summed E-state index contributed by atoms with van der Waals surface area (Å²) < 4.78 is 1.87. The fraction of sp³-hybridized carbons (Fsp3) is 0.611. The number of hydrogen-bond acceptors (Lipinski definition) is 5. The first-order valence-electron chi connectivity index (χ1n) is 8.99. The summed E-state index contributed by atoms with van der Waals surface area (Å²) in [6.45, 7) is 9.52. The summed E-state index contributed by atoms with van der Waals surface area (Å²) in [6, 6.07) is 2.16. The lowest BCUT2D eigenvalue weighted by Gasteiger charge is -2.23. The van der Waals surface area contributed by atoms with E-state index in [0.717, 1.165) is 69.3 Å². The highest BCUT2D eigenvalue weighted by Crippen LogP contribution is 2.17. The van der Waals surface area contributed by atoms with E-state index in [2.05, 4.69) is 46.0 Å². The van der Waals surface area contributed by atoms with Crippen LogP contribution in [-0.4, -0.2) is 50.8 Å². The summed E-state index contributed by atoms with van der Waals surface area (Å²) in [5.74, 6) is 2.06. The van der Waals surface area contributed by atoms with Crippen molar-refractivity contribution < 1.29 is 0 Å². The number of hydrogen-bond donors (Lipinski definition) is 0. The van der Waals surface area contributed by atoms with Gasteiger partial charge in [-0.3, -0.25) is 9.58 Å². The van der Waals surface area contributed by atoms with Crippen molar-refractivity contribution in [3.05, 3.63) is 35.5 Å². The van der Waals surface area contributed by atoms with Gasteiger partial charge in [0.15, 0.2) is 0 Å². The lowest BCUT2D eigenvalue weighted by atomic mass is 10.3. The van der Waals surface area contributed by atoms with Crippen LogP contribution in [0.3, 0.4) is 0 Å². The van der Waals surface area contributed by atoms with Gasteiger partial charge in [0.1, 0.15) is 11.6 Å². The molecule has 2 aromatic heterocycles. The number of aryl methyl sites for hydroxylation is 3. The van der Waals surface area contributed by atoms with Gasteiger partial charge in [-0.25, -0.2) is 9.97 Å². The van der Waals surface area contributed by atoms with Crippen LogP contribution < -0.4 is 4.90 Å². The molecule has 130 valence electrons. The first-order valence-corrected chi connectivity index (χ1v) is 8.99. The second-order valence-corrected chi connectivity index (χ2v) is 6.48. The largest absolute Gasteiger partial charge is 0.355 e. The van der Waals surface area contributed by atoms with Crippen molar-refractivity contribution >= 4 is 5.82 Å². The monoisotopic (exact) mass is 328 g/mol. The van der Waals surface area contributed by atoms with Crippen molar-refractivity contribution in [2.45, 2.75) is 39.7 Å². The van der Waals surface area contributed by atoms with Crippen LogP contribution in [0.5, 0.6) is 0 Å². The molecule has 2 aromatic rings. The summed E-state index contributed by atoms with van der Waals surface area (Å²) >= 11 is 0. The second-order valence-electron chi connectivity index (χ2n) is 6.48. The zero-order chi connectivity index (χ0) is 16.9. The highest BCUT2D eigenvalue weighted by atomic mass is 15.3. The van der Waals surface area contributed by atoms with Crippen molar-refractivity contribution in [1.82, 2.24) is 24.6 Å². The minimum absolute atomic E-state index is 0.891. The molecule has 3 rings (SSSR count). The molecule has 1 fully saturated rings. The third-order valence-corrected chi connectivity index (χ3v) is 4.57. The Kier molecular flexibility index (Phi) is 5.45. The van der Waals surface area contributed by atoms with Crippen LogP contribution in [0, 0.1) is 0 Å². The van der Waals surface area contributed by atoms with Gasteiger partial charge in [0.2, 0.25) is 0 Å². The van der Waals surface area contributed by atoms with Crippen LogP contribution in [-0.2, 0) is 26.4 Å². The predicted octanol–water partition coefficient (Wildman–Crippen LogP) is 2.05. The second kappa shape index (κ2) is 7.75. The van der Waals surface area contributed by atoms with Gasteiger partial charge in [-0.15, -0.1) is 0 Å². The topological polar surface area (TPSA) is 50.1 Å². The van der Waals surface area contributed by atoms with Gasteiger partial charge in [0, 0.05) is 69.7 Å². The summed E-state index contributed by atoms with van der Waals surface area (Å²) in [7, 11) is 1.97. The molecule has 0 atom stereocenters. The maximum atomic E-state index is 4.76. The Morgan fingerprint density at radius 1 is 1.04 bits per heavy atom. The summed E-state index contributed by atoms with van der Waals surface area (Å²) in [5.41, 5.74) is 2.43. The lowest BCUT2D eigenvalue weighted by Crippen LogP contribution is -2.31. The molecule has 0 bridgehead atoms. The lowest BCUT2D eigenvalue weighted by molar-refractivity contribution is 0.285. The van der Waals surface area contributed by atoms with E-state index in [1.807, 2.05) is 17.9 Å². The fourth-order valence-corrected chi connectivity index (χ4v) is 3.21. The average molecular weight is 328 g/mol. The standard InChI is InChI=1S/C18H28N6/c1-4-16-11-18(21-17(5-2)20-16)24-8-6-7-23(9-10-24)14-15-12-19-22(3)13-15/h11-13H,4-10,14H2,1-3H3. The maximum Gasteiger partial charge on any atom is 0.132 e. The summed E-state index contributed by atoms with van der Waals surface area (Å²) in [6.07, 6.45) is 7.08. The molecule has 0 spiro atoms. The molecule has 1 saturated heterocycles. The van der Waals surface area contributed by atoms with Crippen molar-refractivity contribution in [3.63, 3.8) is 0 Å². The molecule has 6 nitrogen and oxygen atoms in total. The minimum atomic E-state index is 0.891. The van der Waals surface area contributed by atoms with Gasteiger partial charge >= 0.3 is 0 Å². The van der Waals surface area contributed by atoms with Crippen LogP contribution in [0.2, 0.25) is 0 Å². The smallest absolute Gasteiger partial charge is 0.132 e. The quantitative estimate of drug-likeness (QED) is 0.841. The molecule has 0 N–H and O–H groups in total. The Morgan fingerprint density at radius 3 is 2.62 bits per heavy atom. The van der Waals surface area contributed by atoms with Crippen molar-refractivity contribution in [2.24, 2.45) is 7.05 Å². The minimum Gasteiger partial charge on any atom is -0.355 e. The molecule has 0 amide bonds. The fourth-order valence-electron chi connectivity index (χ4n) is 3.21. The molecule has 0 aliphatic carbocycles. The zero-order valence-electron chi connectivity index (χ0n) is 15.1. The van der Waals surface area contributed by atoms with E-state index in [1.165, 1.54) is 5.56 Å². The number of aromatic nitrogens is 4. The van der Waals surface area contributed by atoms with Crippen LogP contribution in [0.15, 0.2) is 18.5 Å². The number of rotatable bonds is 5. The molecule has 0 aromatic carbocycles. The maximum absolute atomic E-state index is 4.76. The predicted molar refractivity (Wildman–Crippen MR) is 96.1 cm³/mol. The Bertz CT molecular complexity index is 643. The highest BCUT2D eigenvalue weighted by Gasteiger charge is 2.17. The van der Waals surface area contributed by atoms with E-state index >= 15 is 0 Å². The molecular weight excluding hydrogens is 300 g/mol. The molecule has 1 aliphatic rings. The van der Waals surface area contributed by atoms with Crippen LogP contribution in [0.4, 0.5) is 5.82 Å².